The van der Waals surface area contributed by atoms with E-state index in [-0.39, 0.29) is 0 Å². The summed E-state index contributed by atoms with van der Waals surface area (Å²) in [5.74, 6) is 2.62. The highest BCUT2D eigenvalue weighted by molar-refractivity contribution is 5.44. The van der Waals surface area contributed by atoms with Crippen LogP contribution in [-0.2, 0) is 13.0 Å². The SMILES string of the molecule is CCc1cc(CN)cc(N2CC(C)C(C)C2)n1. The van der Waals surface area contributed by atoms with E-state index in [2.05, 4.69) is 37.8 Å². The van der Waals surface area contributed by atoms with Gasteiger partial charge in [-0.1, -0.05) is 20.8 Å². The summed E-state index contributed by atoms with van der Waals surface area (Å²) in [4.78, 5) is 7.12. The van der Waals surface area contributed by atoms with Crippen molar-refractivity contribution in [1.29, 1.82) is 0 Å². The first-order chi connectivity index (χ1) is 8.13. The average molecular weight is 233 g/mol. The van der Waals surface area contributed by atoms with Gasteiger partial charge in [-0.15, -0.1) is 0 Å². The maximum atomic E-state index is 5.75. The molecular formula is C14H23N3. The van der Waals surface area contributed by atoms with Crippen molar-refractivity contribution in [1.82, 2.24) is 4.98 Å². The zero-order valence-electron chi connectivity index (χ0n) is 11.1. The number of nitrogens with two attached hydrogens (primary N) is 1. The van der Waals surface area contributed by atoms with Gasteiger partial charge in [-0.05, 0) is 36.0 Å². The fourth-order valence-electron chi connectivity index (χ4n) is 2.41. The third kappa shape index (κ3) is 2.60. The lowest BCUT2D eigenvalue weighted by atomic mass is 10.0. The van der Waals surface area contributed by atoms with E-state index in [1.54, 1.807) is 0 Å². The van der Waals surface area contributed by atoms with Crippen LogP contribution in [0.2, 0.25) is 0 Å². The molecule has 0 spiro atoms. The summed E-state index contributed by atoms with van der Waals surface area (Å²) >= 11 is 0. The molecule has 2 rings (SSSR count). The first-order valence-corrected chi connectivity index (χ1v) is 6.58. The molecule has 94 valence electrons. The van der Waals surface area contributed by atoms with E-state index in [1.165, 1.54) is 5.56 Å². The van der Waals surface area contributed by atoms with Crippen LogP contribution in [0.1, 0.15) is 32.0 Å². The van der Waals surface area contributed by atoms with Crippen molar-refractivity contribution in [3.05, 3.63) is 23.4 Å². The highest BCUT2D eigenvalue weighted by atomic mass is 15.2. The van der Waals surface area contributed by atoms with E-state index in [1.807, 2.05) is 0 Å². The van der Waals surface area contributed by atoms with Gasteiger partial charge >= 0.3 is 0 Å². The van der Waals surface area contributed by atoms with Gasteiger partial charge in [-0.25, -0.2) is 4.98 Å². The third-order valence-electron chi connectivity index (χ3n) is 3.83. The van der Waals surface area contributed by atoms with Gasteiger partial charge < -0.3 is 10.6 Å². The monoisotopic (exact) mass is 233 g/mol. The van der Waals surface area contributed by atoms with Crippen LogP contribution in [0, 0.1) is 11.8 Å². The molecule has 3 heteroatoms. The number of aromatic nitrogens is 1. The predicted octanol–water partition coefficient (Wildman–Crippen LogP) is 2.19. The molecule has 0 amide bonds. The molecule has 0 aliphatic carbocycles. The maximum Gasteiger partial charge on any atom is 0.129 e. The third-order valence-corrected chi connectivity index (χ3v) is 3.83. The number of rotatable bonds is 3. The van der Waals surface area contributed by atoms with Crippen molar-refractivity contribution in [3.63, 3.8) is 0 Å². The Hall–Kier alpha value is -1.09. The second kappa shape index (κ2) is 5.05. The van der Waals surface area contributed by atoms with Crippen LogP contribution < -0.4 is 10.6 Å². The van der Waals surface area contributed by atoms with Gasteiger partial charge in [0.2, 0.25) is 0 Å². The number of hydrogen-bond acceptors (Lipinski definition) is 3. The van der Waals surface area contributed by atoms with E-state index in [0.717, 1.165) is 42.9 Å². The molecule has 0 saturated carbocycles. The summed E-state index contributed by atoms with van der Waals surface area (Å²) in [6.07, 6.45) is 0.972. The Morgan fingerprint density at radius 1 is 1.29 bits per heavy atom. The van der Waals surface area contributed by atoms with Crippen LogP contribution in [0.25, 0.3) is 0 Å². The summed E-state index contributed by atoms with van der Waals surface area (Å²) in [7, 11) is 0. The van der Waals surface area contributed by atoms with Crippen LogP contribution >= 0.6 is 0 Å². The zero-order valence-corrected chi connectivity index (χ0v) is 11.1. The Morgan fingerprint density at radius 3 is 2.47 bits per heavy atom. The smallest absolute Gasteiger partial charge is 0.129 e. The van der Waals surface area contributed by atoms with Crippen LogP contribution in [-0.4, -0.2) is 18.1 Å². The predicted molar refractivity (Wildman–Crippen MR) is 72.0 cm³/mol. The van der Waals surface area contributed by atoms with Crippen molar-refractivity contribution in [3.8, 4) is 0 Å². The fraction of sp³-hybridized carbons (Fsp3) is 0.643. The molecule has 1 aromatic rings. The lowest BCUT2D eigenvalue weighted by Gasteiger charge is -2.19. The molecule has 1 aliphatic heterocycles. The number of anilines is 1. The Morgan fingerprint density at radius 2 is 1.94 bits per heavy atom. The Labute approximate surface area is 104 Å². The quantitative estimate of drug-likeness (QED) is 0.870. The van der Waals surface area contributed by atoms with Crippen molar-refractivity contribution in [2.45, 2.75) is 33.7 Å². The number of aryl methyl sites for hydroxylation is 1. The highest BCUT2D eigenvalue weighted by Crippen LogP contribution is 2.27. The maximum absolute atomic E-state index is 5.75. The van der Waals surface area contributed by atoms with Gasteiger partial charge in [-0.2, -0.15) is 0 Å². The highest BCUT2D eigenvalue weighted by Gasteiger charge is 2.27. The van der Waals surface area contributed by atoms with E-state index in [4.69, 9.17) is 10.7 Å². The molecule has 2 atom stereocenters. The number of nitrogens with zero attached hydrogens (tertiary/aromatic N) is 2. The van der Waals surface area contributed by atoms with Crippen molar-refractivity contribution in [2.75, 3.05) is 18.0 Å². The standard InChI is InChI=1S/C14H23N3/c1-4-13-5-12(7-15)6-14(16-13)17-8-10(2)11(3)9-17/h5-6,10-11H,4,7-9,15H2,1-3H3. The van der Waals surface area contributed by atoms with E-state index < -0.39 is 0 Å². The van der Waals surface area contributed by atoms with E-state index in [0.29, 0.717) is 6.54 Å². The van der Waals surface area contributed by atoms with Gasteiger partial charge in [-0.3, -0.25) is 0 Å². The minimum atomic E-state index is 0.599. The first-order valence-electron chi connectivity index (χ1n) is 6.58. The fourth-order valence-corrected chi connectivity index (χ4v) is 2.41. The van der Waals surface area contributed by atoms with Crippen LogP contribution in [0.5, 0.6) is 0 Å². The second-order valence-corrected chi connectivity index (χ2v) is 5.24. The van der Waals surface area contributed by atoms with Crippen LogP contribution in [0.15, 0.2) is 12.1 Å². The van der Waals surface area contributed by atoms with Crippen molar-refractivity contribution < 1.29 is 0 Å². The molecule has 2 heterocycles. The summed E-state index contributed by atoms with van der Waals surface area (Å²) in [6.45, 7) is 9.61. The van der Waals surface area contributed by atoms with Gasteiger partial charge in [0.05, 0.1) is 0 Å². The van der Waals surface area contributed by atoms with Crippen LogP contribution in [0.3, 0.4) is 0 Å². The first kappa shape index (κ1) is 12.4. The largest absolute Gasteiger partial charge is 0.356 e. The average Bonchev–Trinajstić information content (AvgIpc) is 2.69. The summed E-state index contributed by atoms with van der Waals surface area (Å²) < 4.78 is 0. The van der Waals surface area contributed by atoms with Gasteiger partial charge in [0.15, 0.2) is 0 Å². The van der Waals surface area contributed by atoms with Crippen molar-refractivity contribution in [2.24, 2.45) is 17.6 Å². The Kier molecular flexibility index (Phi) is 3.67. The van der Waals surface area contributed by atoms with E-state index in [9.17, 15) is 0 Å². The van der Waals surface area contributed by atoms with Crippen LogP contribution in [0.4, 0.5) is 5.82 Å². The van der Waals surface area contributed by atoms with E-state index >= 15 is 0 Å². The number of hydrogen-bond donors (Lipinski definition) is 1. The summed E-state index contributed by atoms with van der Waals surface area (Å²) in [6, 6.07) is 4.26. The Balaban J connectivity index is 2.26. The van der Waals surface area contributed by atoms with Crippen molar-refractivity contribution >= 4 is 5.82 Å². The minimum Gasteiger partial charge on any atom is -0.356 e. The zero-order chi connectivity index (χ0) is 12.4. The normalized spacial score (nSPS) is 24.4. The van der Waals surface area contributed by atoms with Gasteiger partial charge in [0.1, 0.15) is 5.82 Å². The molecule has 1 aromatic heterocycles. The molecule has 1 fully saturated rings. The molecule has 1 aliphatic rings. The molecule has 1 saturated heterocycles. The molecule has 0 radical (unpaired) electrons. The second-order valence-electron chi connectivity index (χ2n) is 5.24. The molecule has 2 unspecified atom stereocenters. The molecule has 0 bridgehead atoms. The minimum absolute atomic E-state index is 0.599. The molecular weight excluding hydrogens is 210 g/mol. The molecule has 0 aromatic carbocycles. The molecule has 17 heavy (non-hydrogen) atoms. The number of pyridine rings is 1. The lowest BCUT2D eigenvalue weighted by molar-refractivity contribution is 0.494. The molecule has 2 N–H and O–H groups in total. The summed E-state index contributed by atoms with van der Waals surface area (Å²) in [5.41, 5.74) is 8.09. The Bertz CT molecular complexity index is 357. The van der Waals surface area contributed by atoms with Gasteiger partial charge in [0.25, 0.3) is 0 Å². The lowest BCUT2D eigenvalue weighted by Crippen LogP contribution is -2.21. The molecule has 3 nitrogen and oxygen atoms in total. The van der Waals surface area contributed by atoms with Gasteiger partial charge in [0, 0.05) is 25.3 Å². The topological polar surface area (TPSA) is 42.1 Å². The summed E-state index contributed by atoms with van der Waals surface area (Å²) in [5, 5.41) is 0.